The molecule has 0 aliphatic heterocycles. The minimum absolute atomic E-state index is 0.143. The Morgan fingerprint density at radius 3 is 2.65 bits per heavy atom. The van der Waals surface area contributed by atoms with Crippen LogP contribution >= 0.6 is 0 Å². The van der Waals surface area contributed by atoms with Crippen molar-refractivity contribution in [3.05, 3.63) is 35.1 Å². The first-order valence-corrected chi connectivity index (χ1v) is 6.61. The number of aryl methyl sites for hydroxylation is 1. The van der Waals surface area contributed by atoms with Crippen molar-refractivity contribution in [2.75, 3.05) is 6.54 Å². The minimum atomic E-state index is -0.143. The van der Waals surface area contributed by atoms with Gasteiger partial charge in [0.1, 0.15) is 5.82 Å². The molecule has 1 fully saturated rings. The lowest BCUT2D eigenvalue weighted by molar-refractivity contribution is 0.124. The molecule has 2 rings (SSSR count). The van der Waals surface area contributed by atoms with Gasteiger partial charge in [-0.25, -0.2) is 4.39 Å². The summed E-state index contributed by atoms with van der Waals surface area (Å²) in [6.45, 7) is 6.21. The highest BCUT2D eigenvalue weighted by molar-refractivity contribution is 5.26. The number of benzene rings is 1. The van der Waals surface area contributed by atoms with Gasteiger partial charge in [0, 0.05) is 13.1 Å². The summed E-state index contributed by atoms with van der Waals surface area (Å²) in [6, 6.07) is 5.04. The van der Waals surface area contributed by atoms with Gasteiger partial charge in [-0.2, -0.15) is 0 Å². The zero-order valence-electron chi connectivity index (χ0n) is 10.9. The summed E-state index contributed by atoms with van der Waals surface area (Å²) in [5.41, 5.74) is 2.79. The summed E-state index contributed by atoms with van der Waals surface area (Å²) in [4.78, 5) is 0. The average Bonchev–Trinajstić information content (AvgIpc) is 2.25. The van der Waals surface area contributed by atoms with Gasteiger partial charge in [0.15, 0.2) is 0 Å². The van der Waals surface area contributed by atoms with E-state index in [1.54, 1.807) is 12.1 Å². The minimum Gasteiger partial charge on any atom is -0.312 e. The van der Waals surface area contributed by atoms with E-state index in [9.17, 15) is 4.39 Å². The van der Waals surface area contributed by atoms with Crippen molar-refractivity contribution < 1.29 is 4.39 Å². The quantitative estimate of drug-likeness (QED) is 0.818. The first-order valence-electron chi connectivity index (χ1n) is 6.61. The molecule has 0 radical (unpaired) electrons. The Morgan fingerprint density at radius 1 is 1.35 bits per heavy atom. The maximum Gasteiger partial charge on any atom is 0.123 e. The Bertz CT molecular complexity index is 377. The molecule has 17 heavy (non-hydrogen) atoms. The second kappa shape index (κ2) is 5.18. The molecule has 0 atom stereocenters. The van der Waals surface area contributed by atoms with Crippen molar-refractivity contribution in [3.8, 4) is 0 Å². The van der Waals surface area contributed by atoms with Crippen LogP contribution < -0.4 is 5.32 Å². The molecule has 0 spiro atoms. The van der Waals surface area contributed by atoms with E-state index in [0.29, 0.717) is 5.41 Å². The van der Waals surface area contributed by atoms with E-state index in [1.165, 1.54) is 31.2 Å². The summed E-state index contributed by atoms with van der Waals surface area (Å²) < 4.78 is 13.0. The molecule has 0 aromatic heterocycles. The SMILES string of the molecule is CCC1(CNCc2ccc(F)cc2C)CCC1. The number of nitrogens with one attached hydrogen (secondary N) is 1. The number of hydrogen-bond acceptors (Lipinski definition) is 1. The Kier molecular flexibility index (Phi) is 3.82. The van der Waals surface area contributed by atoms with Crippen molar-refractivity contribution in [2.45, 2.75) is 46.1 Å². The Labute approximate surface area is 103 Å². The molecule has 0 amide bonds. The maximum absolute atomic E-state index is 13.0. The van der Waals surface area contributed by atoms with Crippen molar-refractivity contribution in [3.63, 3.8) is 0 Å². The molecular formula is C15H22FN. The maximum atomic E-state index is 13.0. The summed E-state index contributed by atoms with van der Waals surface area (Å²) in [7, 11) is 0. The Balaban J connectivity index is 1.85. The first-order chi connectivity index (χ1) is 8.15. The Hall–Kier alpha value is -0.890. The van der Waals surface area contributed by atoms with E-state index in [0.717, 1.165) is 18.7 Å². The lowest BCUT2D eigenvalue weighted by Crippen LogP contribution is -2.39. The van der Waals surface area contributed by atoms with Gasteiger partial charge in [0.05, 0.1) is 0 Å². The van der Waals surface area contributed by atoms with Crippen LogP contribution in [0.25, 0.3) is 0 Å². The third kappa shape index (κ3) is 2.86. The second-order valence-electron chi connectivity index (χ2n) is 5.38. The van der Waals surface area contributed by atoms with Crippen LogP contribution in [0.5, 0.6) is 0 Å². The zero-order chi connectivity index (χ0) is 12.3. The highest BCUT2D eigenvalue weighted by Gasteiger charge is 2.34. The van der Waals surface area contributed by atoms with Crippen molar-refractivity contribution in [2.24, 2.45) is 5.41 Å². The van der Waals surface area contributed by atoms with Crippen LogP contribution in [0.4, 0.5) is 4.39 Å². The van der Waals surface area contributed by atoms with Crippen molar-refractivity contribution >= 4 is 0 Å². The lowest BCUT2D eigenvalue weighted by Gasteiger charge is -2.41. The van der Waals surface area contributed by atoms with Gasteiger partial charge in [-0.15, -0.1) is 0 Å². The van der Waals surface area contributed by atoms with Crippen molar-refractivity contribution in [1.29, 1.82) is 0 Å². The normalized spacial score (nSPS) is 17.8. The summed E-state index contributed by atoms with van der Waals surface area (Å²) in [5.74, 6) is -0.143. The van der Waals surface area contributed by atoms with Crippen LogP contribution in [-0.4, -0.2) is 6.54 Å². The van der Waals surface area contributed by atoms with E-state index < -0.39 is 0 Å². The van der Waals surface area contributed by atoms with Crippen LogP contribution in [-0.2, 0) is 6.54 Å². The number of hydrogen-bond donors (Lipinski definition) is 1. The van der Waals surface area contributed by atoms with Gasteiger partial charge in [-0.1, -0.05) is 19.4 Å². The molecule has 1 nitrogen and oxygen atoms in total. The lowest BCUT2D eigenvalue weighted by atomic mass is 9.67. The number of halogens is 1. The highest BCUT2D eigenvalue weighted by atomic mass is 19.1. The molecule has 2 heteroatoms. The fourth-order valence-corrected chi connectivity index (χ4v) is 2.65. The monoisotopic (exact) mass is 235 g/mol. The fraction of sp³-hybridized carbons (Fsp3) is 0.600. The zero-order valence-corrected chi connectivity index (χ0v) is 10.9. The molecule has 0 bridgehead atoms. The molecule has 94 valence electrons. The van der Waals surface area contributed by atoms with E-state index in [1.807, 2.05) is 13.0 Å². The van der Waals surface area contributed by atoms with Gasteiger partial charge >= 0.3 is 0 Å². The third-order valence-corrected chi connectivity index (χ3v) is 4.28. The predicted molar refractivity (Wildman–Crippen MR) is 69.4 cm³/mol. The van der Waals surface area contributed by atoms with E-state index >= 15 is 0 Å². The summed E-state index contributed by atoms with van der Waals surface area (Å²) in [6.07, 6.45) is 5.37. The average molecular weight is 235 g/mol. The van der Waals surface area contributed by atoms with Gasteiger partial charge < -0.3 is 5.32 Å². The first kappa shape index (κ1) is 12.6. The molecule has 0 saturated heterocycles. The highest BCUT2D eigenvalue weighted by Crippen LogP contribution is 2.43. The molecule has 1 saturated carbocycles. The van der Waals surface area contributed by atoms with Gasteiger partial charge in [0.2, 0.25) is 0 Å². The molecule has 1 aliphatic carbocycles. The third-order valence-electron chi connectivity index (χ3n) is 4.28. The summed E-state index contributed by atoms with van der Waals surface area (Å²) >= 11 is 0. The van der Waals surface area contributed by atoms with Crippen LogP contribution in [0.3, 0.4) is 0 Å². The topological polar surface area (TPSA) is 12.0 Å². The largest absolute Gasteiger partial charge is 0.312 e. The second-order valence-corrected chi connectivity index (χ2v) is 5.38. The molecule has 1 N–H and O–H groups in total. The molecule has 0 unspecified atom stereocenters. The molecule has 1 aliphatic rings. The van der Waals surface area contributed by atoms with E-state index in [4.69, 9.17) is 0 Å². The standard InChI is InChI=1S/C15H22FN/c1-3-15(7-4-8-15)11-17-10-13-5-6-14(16)9-12(13)2/h5-6,9,17H,3-4,7-8,10-11H2,1-2H3. The van der Waals surface area contributed by atoms with Crippen LogP contribution in [0.15, 0.2) is 18.2 Å². The Morgan fingerprint density at radius 2 is 2.12 bits per heavy atom. The van der Waals surface area contributed by atoms with Crippen molar-refractivity contribution in [1.82, 2.24) is 5.32 Å². The van der Waals surface area contributed by atoms with E-state index in [2.05, 4.69) is 12.2 Å². The molecular weight excluding hydrogens is 213 g/mol. The molecule has 0 heterocycles. The molecule has 1 aromatic rings. The van der Waals surface area contributed by atoms with Crippen LogP contribution in [0.2, 0.25) is 0 Å². The van der Waals surface area contributed by atoms with Crippen LogP contribution in [0.1, 0.15) is 43.7 Å². The van der Waals surface area contributed by atoms with Gasteiger partial charge in [-0.3, -0.25) is 0 Å². The molecule has 1 aromatic carbocycles. The number of rotatable bonds is 5. The van der Waals surface area contributed by atoms with Crippen LogP contribution in [0, 0.1) is 18.2 Å². The summed E-state index contributed by atoms with van der Waals surface area (Å²) in [5, 5.41) is 3.53. The predicted octanol–water partition coefficient (Wildman–Crippen LogP) is 3.80. The van der Waals surface area contributed by atoms with Gasteiger partial charge in [-0.05, 0) is 54.9 Å². The van der Waals surface area contributed by atoms with E-state index in [-0.39, 0.29) is 5.82 Å². The van der Waals surface area contributed by atoms with Gasteiger partial charge in [0.25, 0.3) is 0 Å². The fourth-order valence-electron chi connectivity index (χ4n) is 2.65. The smallest absolute Gasteiger partial charge is 0.123 e.